The van der Waals surface area contributed by atoms with Crippen molar-refractivity contribution in [1.82, 2.24) is 0 Å². The lowest BCUT2D eigenvalue weighted by Gasteiger charge is -2.15. The first-order valence-electron chi connectivity index (χ1n) is 9.23. The van der Waals surface area contributed by atoms with Crippen LogP contribution in [0.4, 0.5) is 5.69 Å². The lowest BCUT2D eigenvalue weighted by molar-refractivity contribution is -0.123. The zero-order valence-electron chi connectivity index (χ0n) is 16.2. The van der Waals surface area contributed by atoms with E-state index in [4.69, 9.17) is 4.74 Å². The summed E-state index contributed by atoms with van der Waals surface area (Å²) in [6.07, 6.45) is -1.03. The second-order valence-corrected chi connectivity index (χ2v) is 6.59. The van der Waals surface area contributed by atoms with Gasteiger partial charge in [-0.3, -0.25) is 9.59 Å². The minimum atomic E-state index is -1.03. The van der Waals surface area contributed by atoms with Crippen molar-refractivity contribution in [1.29, 1.82) is 0 Å². The number of carbonyl (C=O) groups excluding carboxylic acids is 3. The number of esters is 1. The van der Waals surface area contributed by atoms with Crippen molar-refractivity contribution in [3.05, 3.63) is 101 Å². The second kappa shape index (κ2) is 8.97. The molecule has 0 fully saturated rings. The number of amides is 1. The number of para-hydroxylation sites is 1. The molecule has 3 rings (SSSR count). The number of ether oxygens (including phenoxy) is 1. The molecule has 0 aliphatic carbocycles. The van der Waals surface area contributed by atoms with Gasteiger partial charge in [0.15, 0.2) is 11.9 Å². The fraction of sp³-hybridized carbons (Fsp3) is 0.125. The van der Waals surface area contributed by atoms with E-state index in [1.807, 2.05) is 31.2 Å². The summed E-state index contributed by atoms with van der Waals surface area (Å²) in [4.78, 5) is 37.9. The summed E-state index contributed by atoms with van der Waals surface area (Å²) in [5, 5.41) is 2.75. The largest absolute Gasteiger partial charge is 0.449 e. The van der Waals surface area contributed by atoms with Crippen molar-refractivity contribution in [2.24, 2.45) is 0 Å². The Balaban J connectivity index is 1.75. The van der Waals surface area contributed by atoms with Gasteiger partial charge in [-0.1, -0.05) is 66.7 Å². The van der Waals surface area contributed by atoms with Crippen molar-refractivity contribution in [2.75, 3.05) is 5.32 Å². The van der Waals surface area contributed by atoms with Crippen LogP contribution in [0.15, 0.2) is 78.9 Å². The Hall–Kier alpha value is -3.73. The van der Waals surface area contributed by atoms with E-state index in [0.717, 1.165) is 5.56 Å². The van der Waals surface area contributed by atoms with Crippen LogP contribution in [-0.4, -0.2) is 23.8 Å². The molecule has 0 aliphatic rings. The van der Waals surface area contributed by atoms with Crippen molar-refractivity contribution in [2.45, 2.75) is 20.0 Å². The van der Waals surface area contributed by atoms with Crippen LogP contribution >= 0.6 is 0 Å². The summed E-state index contributed by atoms with van der Waals surface area (Å²) < 4.78 is 5.33. The number of anilines is 1. The van der Waals surface area contributed by atoms with Crippen molar-refractivity contribution < 1.29 is 19.1 Å². The molecule has 0 radical (unpaired) electrons. The first kappa shape index (κ1) is 20.0. The molecule has 0 saturated carbocycles. The van der Waals surface area contributed by atoms with E-state index in [1.165, 1.54) is 13.0 Å². The maximum Gasteiger partial charge on any atom is 0.339 e. The molecule has 0 bridgehead atoms. The molecule has 3 aromatic rings. The lowest BCUT2D eigenvalue weighted by Crippen LogP contribution is -2.30. The minimum Gasteiger partial charge on any atom is -0.449 e. The molecule has 0 unspecified atom stereocenters. The fourth-order valence-electron chi connectivity index (χ4n) is 2.83. The summed E-state index contributed by atoms with van der Waals surface area (Å²) >= 11 is 0. The Kier molecular flexibility index (Phi) is 6.19. The van der Waals surface area contributed by atoms with Crippen molar-refractivity contribution in [3.8, 4) is 0 Å². The molecular formula is C24H21NO4. The molecule has 1 atom stereocenters. The highest BCUT2D eigenvalue weighted by atomic mass is 16.5. The van der Waals surface area contributed by atoms with E-state index in [2.05, 4.69) is 5.32 Å². The van der Waals surface area contributed by atoms with Crippen LogP contribution in [-0.2, 0) is 9.53 Å². The number of aryl methyl sites for hydroxylation is 1. The van der Waals surface area contributed by atoms with Crippen LogP contribution in [0.2, 0.25) is 0 Å². The zero-order valence-corrected chi connectivity index (χ0v) is 16.2. The van der Waals surface area contributed by atoms with Gasteiger partial charge in [-0.25, -0.2) is 4.79 Å². The van der Waals surface area contributed by atoms with E-state index in [1.54, 1.807) is 48.5 Å². The van der Waals surface area contributed by atoms with Gasteiger partial charge >= 0.3 is 5.97 Å². The van der Waals surface area contributed by atoms with Gasteiger partial charge in [0.1, 0.15) is 0 Å². The summed E-state index contributed by atoms with van der Waals surface area (Å²) in [6.45, 7) is 3.37. The molecule has 146 valence electrons. The van der Waals surface area contributed by atoms with E-state index < -0.39 is 18.0 Å². The van der Waals surface area contributed by atoms with E-state index in [0.29, 0.717) is 11.3 Å². The smallest absolute Gasteiger partial charge is 0.339 e. The molecule has 29 heavy (non-hydrogen) atoms. The summed E-state index contributed by atoms with van der Waals surface area (Å²) in [6, 6.07) is 22.4. The Morgan fingerprint density at radius 2 is 1.38 bits per heavy atom. The predicted octanol–water partition coefficient (Wildman–Crippen LogP) is 4.41. The predicted molar refractivity (Wildman–Crippen MR) is 111 cm³/mol. The van der Waals surface area contributed by atoms with Gasteiger partial charge in [0.2, 0.25) is 0 Å². The highest BCUT2D eigenvalue weighted by Crippen LogP contribution is 2.18. The third-order valence-electron chi connectivity index (χ3n) is 4.48. The Labute approximate surface area is 169 Å². The molecule has 0 aromatic heterocycles. The molecule has 1 amide bonds. The standard InChI is InChI=1S/C24H21NO4/c1-16-10-6-9-15-21(16)25-23(27)17(2)29-24(28)20-14-8-7-13-19(20)22(26)18-11-4-3-5-12-18/h3-15,17H,1-2H3,(H,25,27)/t17-/m0/s1. The van der Waals surface area contributed by atoms with Crippen LogP contribution in [0.25, 0.3) is 0 Å². The molecule has 0 aliphatic heterocycles. The van der Waals surface area contributed by atoms with Crippen LogP contribution < -0.4 is 5.32 Å². The van der Waals surface area contributed by atoms with Crippen LogP contribution in [0.3, 0.4) is 0 Å². The highest BCUT2D eigenvalue weighted by Gasteiger charge is 2.23. The first-order chi connectivity index (χ1) is 14.0. The van der Waals surface area contributed by atoms with Gasteiger partial charge in [-0.05, 0) is 31.5 Å². The average Bonchev–Trinajstić information content (AvgIpc) is 2.75. The minimum absolute atomic E-state index is 0.122. The van der Waals surface area contributed by atoms with Crippen molar-refractivity contribution in [3.63, 3.8) is 0 Å². The average molecular weight is 387 g/mol. The number of carbonyl (C=O) groups is 3. The quantitative estimate of drug-likeness (QED) is 0.502. The molecule has 5 heteroatoms. The molecule has 0 spiro atoms. The Bertz CT molecular complexity index is 1040. The molecule has 0 saturated heterocycles. The molecule has 5 nitrogen and oxygen atoms in total. The third-order valence-corrected chi connectivity index (χ3v) is 4.48. The number of nitrogens with one attached hydrogen (secondary N) is 1. The maximum absolute atomic E-state index is 12.8. The normalized spacial score (nSPS) is 11.4. The van der Waals surface area contributed by atoms with Gasteiger partial charge in [-0.2, -0.15) is 0 Å². The summed E-state index contributed by atoms with van der Waals surface area (Å²) in [5.41, 5.74) is 2.38. The van der Waals surface area contributed by atoms with Crippen LogP contribution in [0, 0.1) is 6.92 Å². The zero-order chi connectivity index (χ0) is 20.8. The Morgan fingerprint density at radius 1 is 0.793 bits per heavy atom. The molecular weight excluding hydrogens is 366 g/mol. The number of hydrogen-bond acceptors (Lipinski definition) is 4. The molecule has 1 N–H and O–H groups in total. The molecule has 0 heterocycles. The molecule has 3 aromatic carbocycles. The number of rotatable bonds is 6. The van der Waals surface area contributed by atoms with Crippen LogP contribution in [0.1, 0.15) is 38.8 Å². The summed E-state index contributed by atoms with van der Waals surface area (Å²) in [7, 11) is 0. The van der Waals surface area contributed by atoms with E-state index in [-0.39, 0.29) is 16.9 Å². The second-order valence-electron chi connectivity index (χ2n) is 6.59. The van der Waals surface area contributed by atoms with Gasteiger partial charge in [0.25, 0.3) is 5.91 Å². The van der Waals surface area contributed by atoms with E-state index >= 15 is 0 Å². The third kappa shape index (κ3) is 4.76. The first-order valence-corrected chi connectivity index (χ1v) is 9.23. The number of ketones is 1. The SMILES string of the molecule is Cc1ccccc1NC(=O)[C@H](C)OC(=O)c1ccccc1C(=O)c1ccccc1. The topological polar surface area (TPSA) is 72.5 Å². The van der Waals surface area contributed by atoms with Gasteiger partial charge < -0.3 is 10.1 Å². The lowest BCUT2D eigenvalue weighted by atomic mass is 9.98. The van der Waals surface area contributed by atoms with Gasteiger partial charge in [-0.15, -0.1) is 0 Å². The summed E-state index contributed by atoms with van der Waals surface area (Å²) in [5.74, 6) is -1.45. The van der Waals surface area contributed by atoms with Gasteiger partial charge in [0, 0.05) is 16.8 Å². The monoisotopic (exact) mass is 387 g/mol. The number of benzene rings is 3. The maximum atomic E-state index is 12.8. The van der Waals surface area contributed by atoms with Crippen LogP contribution in [0.5, 0.6) is 0 Å². The fourth-order valence-corrected chi connectivity index (χ4v) is 2.83. The Morgan fingerprint density at radius 3 is 2.07 bits per heavy atom. The highest BCUT2D eigenvalue weighted by molar-refractivity contribution is 6.14. The van der Waals surface area contributed by atoms with Gasteiger partial charge in [0.05, 0.1) is 5.56 Å². The van der Waals surface area contributed by atoms with E-state index in [9.17, 15) is 14.4 Å². The van der Waals surface area contributed by atoms with Crippen molar-refractivity contribution >= 4 is 23.3 Å². The number of hydrogen-bond donors (Lipinski definition) is 1.